The first kappa shape index (κ1) is 16.7. The van der Waals surface area contributed by atoms with E-state index in [4.69, 9.17) is 4.74 Å². The molecule has 3 rings (SSSR count). The molecule has 5 heteroatoms. The number of fused-ring (bicyclic) bond motifs is 1. The molecule has 5 nitrogen and oxygen atoms in total. The zero-order valence-electron chi connectivity index (χ0n) is 14.7. The minimum Gasteiger partial charge on any atom is -0.473 e. The van der Waals surface area contributed by atoms with Crippen molar-refractivity contribution in [1.82, 2.24) is 14.9 Å². The van der Waals surface area contributed by atoms with Crippen LogP contribution in [0.25, 0.3) is 11.0 Å². The lowest BCUT2D eigenvalue weighted by atomic mass is 9.91. The average Bonchev–Trinajstić information content (AvgIpc) is 2.54. The largest absolute Gasteiger partial charge is 0.473 e. The summed E-state index contributed by atoms with van der Waals surface area (Å²) >= 11 is 0. The number of para-hydroxylation sites is 2. The lowest BCUT2D eigenvalue weighted by Gasteiger charge is -2.33. The van der Waals surface area contributed by atoms with Gasteiger partial charge in [0.15, 0.2) is 0 Å². The van der Waals surface area contributed by atoms with Crippen molar-refractivity contribution in [3.63, 3.8) is 0 Å². The molecule has 1 aliphatic heterocycles. The van der Waals surface area contributed by atoms with Crippen molar-refractivity contribution < 1.29 is 9.53 Å². The second-order valence-electron chi connectivity index (χ2n) is 7.63. The SMILES string of the molecule is CC(C)(C)CC(=O)N1CCC(Oc2cnc3ccccc3n2)CC1. The maximum Gasteiger partial charge on any atom is 0.233 e. The van der Waals surface area contributed by atoms with E-state index >= 15 is 0 Å². The third-order valence-electron chi connectivity index (χ3n) is 4.19. The van der Waals surface area contributed by atoms with Crippen molar-refractivity contribution in [2.45, 2.75) is 46.1 Å². The molecule has 0 unspecified atom stereocenters. The highest BCUT2D eigenvalue weighted by Crippen LogP contribution is 2.23. The molecule has 0 spiro atoms. The summed E-state index contributed by atoms with van der Waals surface area (Å²) in [5.41, 5.74) is 1.74. The molecule has 1 fully saturated rings. The molecule has 128 valence electrons. The van der Waals surface area contributed by atoms with Gasteiger partial charge in [0.1, 0.15) is 6.10 Å². The second kappa shape index (κ2) is 6.75. The number of aromatic nitrogens is 2. The van der Waals surface area contributed by atoms with Gasteiger partial charge in [-0.05, 0) is 17.5 Å². The van der Waals surface area contributed by atoms with Crippen molar-refractivity contribution in [2.75, 3.05) is 13.1 Å². The number of rotatable bonds is 3. The Morgan fingerprint density at radius 2 is 1.88 bits per heavy atom. The maximum atomic E-state index is 12.3. The highest BCUT2D eigenvalue weighted by molar-refractivity contribution is 5.77. The molecule has 2 aromatic rings. The van der Waals surface area contributed by atoms with Gasteiger partial charge in [-0.2, -0.15) is 0 Å². The van der Waals surface area contributed by atoms with Gasteiger partial charge in [0.2, 0.25) is 11.8 Å². The first-order valence-electron chi connectivity index (χ1n) is 8.57. The van der Waals surface area contributed by atoms with Crippen LogP contribution in [-0.4, -0.2) is 40.0 Å². The van der Waals surface area contributed by atoms with E-state index in [0.717, 1.165) is 37.0 Å². The Balaban J connectivity index is 1.55. The number of benzene rings is 1. The number of carbonyl (C=O) groups is 1. The van der Waals surface area contributed by atoms with Crippen LogP contribution in [0.15, 0.2) is 30.5 Å². The molecule has 0 saturated carbocycles. The number of amides is 1. The summed E-state index contributed by atoms with van der Waals surface area (Å²) in [7, 11) is 0. The summed E-state index contributed by atoms with van der Waals surface area (Å²) in [6.45, 7) is 7.79. The van der Waals surface area contributed by atoms with Crippen LogP contribution in [0.4, 0.5) is 0 Å². The van der Waals surface area contributed by atoms with Gasteiger partial charge in [-0.25, -0.2) is 9.97 Å². The Labute approximate surface area is 143 Å². The van der Waals surface area contributed by atoms with Crippen molar-refractivity contribution in [3.8, 4) is 5.88 Å². The lowest BCUT2D eigenvalue weighted by molar-refractivity contribution is -0.134. The number of carbonyl (C=O) groups excluding carboxylic acids is 1. The Morgan fingerprint density at radius 1 is 1.21 bits per heavy atom. The molecule has 0 N–H and O–H groups in total. The normalized spacial score (nSPS) is 16.4. The molecule has 1 aromatic carbocycles. The average molecular weight is 327 g/mol. The van der Waals surface area contributed by atoms with Gasteiger partial charge in [0.25, 0.3) is 0 Å². The van der Waals surface area contributed by atoms with E-state index in [0.29, 0.717) is 12.3 Å². The van der Waals surface area contributed by atoms with Crippen molar-refractivity contribution >= 4 is 16.9 Å². The van der Waals surface area contributed by atoms with Gasteiger partial charge < -0.3 is 9.64 Å². The predicted molar refractivity (Wildman–Crippen MR) is 93.8 cm³/mol. The zero-order valence-corrected chi connectivity index (χ0v) is 14.7. The van der Waals surface area contributed by atoms with Gasteiger partial charge in [0.05, 0.1) is 17.2 Å². The fraction of sp³-hybridized carbons (Fsp3) is 0.526. The van der Waals surface area contributed by atoms with E-state index < -0.39 is 0 Å². The van der Waals surface area contributed by atoms with Crippen LogP contribution >= 0.6 is 0 Å². The summed E-state index contributed by atoms with van der Waals surface area (Å²) < 4.78 is 5.98. The van der Waals surface area contributed by atoms with Crippen molar-refractivity contribution in [1.29, 1.82) is 0 Å². The Morgan fingerprint density at radius 3 is 2.54 bits per heavy atom. The summed E-state index contributed by atoms with van der Waals surface area (Å²) in [4.78, 5) is 23.1. The molecule has 24 heavy (non-hydrogen) atoms. The fourth-order valence-corrected chi connectivity index (χ4v) is 2.96. The van der Waals surface area contributed by atoms with Gasteiger partial charge in [-0.3, -0.25) is 4.79 Å². The number of hydrogen-bond acceptors (Lipinski definition) is 4. The number of piperidine rings is 1. The molecule has 2 heterocycles. The molecule has 0 bridgehead atoms. The number of likely N-dealkylation sites (tertiary alicyclic amines) is 1. The van der Waals surface area contributed by atoms with E-state index in [1.807, 2.05) is 29.2 Å². The first-order valence-corrected chi connectivity index (χ1v) is 8.57. The summed E-state index contributed by atoms with van der Waals surface area (Å²) in [6, 6.07) is 7.76. The Bertz CT molecular complexity index is 716. The van der Waals surface area contributed by atoms with Crippen LogP contribution in [0, 0.1) is 5.41 Å². The molecular formula is C19H25N3O2. The monoisotopic (exact) mass is 327 g/mol. The minimum atomic E-state index is 0.0329. The molecular weight excluding hydrogens is 302 g/mol. The third-order valence-corrected chi connectivity index (χ3v) is 4.19. The zero-order chi connectivity index (χ0) is 17.2. The maximum absolute atomic E-state index is 12.3. The molecule has 0 radical (unpaired) electrons. The third kappa shape index (κ3) is 4.22. The highest BCUT2D eigenvalue weighted by Gasteiger charge is 2.26. The van der Waals surface area contributed by atoms with Crippen LogP contribution in [0.5, 0.6) is 5.88 Å². The van der Waals surface area contributed by atoms with Crippen LogP contribution in [0.3, 0.4) is 0 Å². The molecule has 0 aliphatic carbocycles. The van der Waals surface area contributed by atoms with E-state index in [-0.39, 0.29) is 17.4 Å². The number of ether oxygens (including phenoxy) is 1. The molecule has 1 aliphatic rings. The lowest BCUT2D eigenvalue weighted by Crippen LogP contribution is -2.42. The van der Waals surface area contributed by atoms with Crippen LogP contribution in [0.1, 0.15) is 40.0 Å². The molecule has 1 amide bonds. The number of hydrogen-bond donors (Lipinski definition) is 0. The second-order valence-corrected chi connectivity index (χ2v) is 7.63. The summed E-state index contributed by atoms with van der Waals surface area (Å²) in [5, 5.41) is 0. The van der Waals surface area contributed by atoms with Crippen molar-refractivity contribution in [3.05, 3.63) is 30.5 Å². The standard InChI is InChI=1S/C19H25N3O2/c1-19(2,3)12-18(23)22-10-8-14(9-11-22)24-17-13-20-15-6-4-5-7-16(15)21-17/h4-7,13-14H,8-12H2,1-3H3. The molecule has 1 aromatic heterocycles. The van der Waals surface area contributed by atoms with E-state index in [2.05, 4.69) is 30.7 Å². The fourth-order valence-electron chi connectivity index (χ4n) is 2.96. The quantitative estimate of drug-likeness (QED) is 0.866. The van der Waals surface area contributed by atoms with Crippen LogP contribution in [0.2, 0.25) is 0 Å². The van der Waals surface area contributed by atoms with Gasteiger partial charge in [-0.1, -0.05) is 32.9 Å². The minimum absolute atomic E-state index is 0.0329. The number of nitrogens with zero attached hydrogens (tertiary/aromatic N) is 3. The topological polar surface area (TPSA) is 55.3 Å². The van der Waals surface area contributed by atoms with E-state index in [1.54, 1.807) is 6.20 Å². The van der Waals surface area contributed by atoms with Crippen molar-refractivity contribution in [2.24, 2.45) is 5.41 Å². The summed E-state index contributed by atoms with van der Waals surface area (Å²) in [5.74, 6) is 0.805. The van der Waals surface area contributed by atoms with Gasteiger partial charge in [-0.15, -0.1) is 0 Å². The Hall–Kier alpha value is -2.17. The van der Waals surface area contributed by atoms with Gasteiger partial charge >= 0.3 is 0 Å². The van der Waals surface area contributed by atoms with Gasteiger partial charge in [0, 0.05) is 32.4 Å². The van der Waals surface area contributed by atoms with E-state index in [1.165, 1.54) is 0 Å². The summed E-state index contributed by atoms with van der Waals surface area (Å²) in [6.07, 6.45) is 4.04. The highest BCUT2D eigenvalue weighted by atomic mass is 16.5. The van der Waals surface area contributed by atoms with Crippen LogP contribution in [-0.2, 0) is 4.79 Å². The predicted octanol–water partition coefficient (Wildman–Crippen LogP) is 3.44. The smallest absolute Gasteiger partial charge is 0.233 e. The Kier molecular flexibility index (Phi) is 4.69. The van der Waals surface area contributed by atoms with E-state index in [9.17, 15) is 4.79 Å². The molecule has 1 saturated heterocycles. The van der Waals surface area contributed by atoms with Crippen LogP contribution < -0.4 is 4.74 Å². The molecule has 0 atom stereocenters. The first-order chi connectivity index (χ1) is 11.4.